The first-order valence-corrected chi connectivity index (χ1v) is 12.6. The van der Waals surface area contributed by atoms with E-state index >= 15 is 0 Å². The summed E-state index contributed by atoms with van der Waals surface area (Å²) in [5.74, 6) is -0.112. The average Bonchev–Trinajstić information content (AvgIpc) is 3.42. The van der Waals surface area contributed by atoms with Gasteiger partial charge in [0.15, 0.2) is 17.3 Å². The predicted molar refractivity (Wildman–Crippen MR) is 139 cm³/mol. The number of hydrogen-bond donors (Lipinski definition) is 0. The lowest BCUT2D eigenvalue weighted by atomic mass is 9.79. The Hall–Kier alpha value is -3.11. The summed E-state index contributed by atoms with van der Waals surface area (Å²) in [6.45, 7) is 1.80. The Labute approximate surface area is 223 Å². The van der Waals surface area contributed by atoms with E-state index in [0.717, 1.165) is 5.56 Å². The van der Waals surface area contributed by atoms with E-state index in [2.05, 4.69) is 0 Å². The van der Waals surface area contributed by atoms with Gasteiger partial charge in [0.2, 0.25) is 5.75 Å². The summed E-state index contributed by atoms with van der Waals surface area (Å²) in [5.41, 5.74) is 1.77. The second-order valence-electron chi connectivity index (χ2n) is 9.12. The maximum absolute atomic E-state index is 12.9. The predicted octanol–water partition coefficient (Wildman–Crippen LogP) is 4.02. The molecule has 1 spiro atoms. The largest absolute Gasteiger partial charge is 0.493 e. The smallest absolute Gasteiger partial charge is 0.331 e. The van der Waals surface area contributed by atoms with Gasteiger partial charge >= 0.3 is 5.97 Å². The van der Waals surface area contributed by atoms with Crippen molar-refractivity contribution in [1.29, 1.82) is 0 Å². The van der Waals surface area contributed by atoms with E-state index in [-0.39, 0.29) is 5.92 Å². The minimum absolute atomic E-state index is 0.274. The highest BCUT2D eigenvalue weighted by Gasteiger charge is 2.54. The fourth-order valence-corrected chi connectivity index (χ4v) is 5.12. The average molecular weight is 529 g/mol. The molecule has 1 aliphatic carbocycles. The van der Waals surface area contributed by atoms with Crippen LogP contribution in [0.2, 0.25) is 0 Å². The highest BCUT2D eigenvalue weighted by molar-refractivity contribution is 5.87. The summed E-state index contributed by atoms with van der Waals surface area (Å²) in [4.78, 5) is 12.9. The molecule has 0 N–H and O–H groups in total. The quantitative estimate of drug-likeness (QED) is 0.317. The Balaban J connectivity index is 1.44. The van der Waals surface area contributed by atoms with Crippen molar-refractivity contribution >= 4 is 12.0 Å². The van der Waals surface area contributed by atoms with Gasteiger partial charge in [0.25, 0.3) is 0 Å². The molecule has 0 bridgehead atoms. The maximum atomic E-state index is 12.9. The van der Waals surface area contributed by atoms with Crippen LogP contribution in [0.3, 0.4) is 0 Å². The third-order valence-corrected chi connectivity index (χ3v) is 6.93. The minimum atomic E-state index is -0.813. The molecule has 9 nitrogen and oxygen atoms in total. The van der Waals surface area contributed by atoms with E-state index in [1.807, 2.05) is 30.3 Å². The molecule has 0 unspecified atom stereocenters. The number of methoxy groups -OCH3 is 4. The second kappa shape index (κ2) is 13.1. The van der Waals surface area contributed by atoms with Gasteiger partial charge in [0, 0.05) is 19.6 Å². The molecule has 206 valence electrons. The zero-order valence-electron chi connectivity index (χ0n) is 22.3. The van der Waals surface area contributed by atoms with Gasteiger partial charge in [-0.25, -0.2) is 4.79 Å². The van der Waals surface area contributed by atoms with E-state index in [0.29, 0.717) is 62.1 Å². The molecule has 2 fully saturated rings. The van der Waals surface area contributed by atoms with Gasteiger partial charge in [-0.15, -0.1) is 0 Å². The molecular weight excluding hydrogens is 492 g/mol. The molecule has 0 radical (unpaired) electrons. The highest BCUT2D eigenvalue weighted by Crippen LogP contribution is 2.43. The van der Waals surface area contributed by atoms with Crippen molar-refractivity contribution in [2.75, 3.05) is 48.3 Å². The molecule has 0 aromatic heterocycles. The Kier molecular flexibility index (Phi) is 9.63. The van der Waals surface area contributed by atoms with E-state index in [9.17, 15) is 4.79 Å². The summed E-state index contributed by atoms with van der Waals surface area (Å²) < 4.78 is 46.1. The van der Waals surface area contributed by atoms with Gasteiger partial charge in [-0.3, -0.25) is 0 Å². The topological polar surface area (TPSA) is 90.9 Å². The molecule has 4 rings (SSSR count). The van der Waals surface area contributed by atoms with Gasteiger partial charge in [-0.05, 0) is 35.8 Å². The van der Waals surface area contributed by atoms with Crippen LogP contribution in [0, 0.1) is 5.92 Å². The number of benzene rings is 2. The Morgan fingerprint density at radius 3 is 2.29 bits per heavy atom. The minimum Gasteiger partial charge on any atom is -0.493 e. The van der Waals surface area contributed by atoms with E-state index in [1.165, 1.54) is 27.4 Å². The lowest BCUT2D eigenvalue weighted by Crippen LogP contribution is -2.57. The first-order chi connectivity index (χ1) is 18.5. The van der Waals surface area contributed by atoms with E-state index in [1.54, 1.807) is 25.3 Å². The first-order valence-electron chi connectivity index (χ1n) is 12.6. The van der Waals surface area contributed by atoms with Crippen LogP contribution in [0.1, 0.15) is 24.0 Å². The number of hydrogen-bond acceptors (Lipinski definition) is 9. The molecule has 1 saturated carbocycles. The Bertz CT molecular complexity index is 1050. The molecule has 2 aliphatic rings. The molecule has 1 saturated heterocycles. The fourth-order valence-electron chi connectivity index (χ4n) is 5.12. The monoisotopic (exact) mass is 528 g/mol. The van der Waals surface area contributed by atoms with Crippen molar-refractivity contribution in [3.63, 3.8) is 0 Å². The lowest BCUT2D eigenvalue weighted by molar-refractivity contribution is -0.270. The number of rotatable bonds is 11. The van der Waals surface area contributed by atoms with Gasteiger partial charge in [-0.2, -0.15) is 0 Å². The van der Waals surface area contributed by atoms with Crippen molar-refractivity contribution in [3.05, 3.63) is 59.7 Å². The Morgan fingerprint density at radius 1 is 1.00 bits per heavy atom. The van der Waals surface area contributed by atoms with Crippen molar-refractivity contribution in [2.24, 2.45) is 5.92 Å². The van der Waals surface area contributed by atoms with Crippen molar-refractivity contribution in [3.8, 4) is 17.2 Å². The summed E-state index contributed by atoms with van der Waals surface area (Å²) in [6.07, 6.45) is 3.18. The molecular formula is C29H36O9. The van der Waals surface area contributed by atoms with Crippen LogP contribution in [-0.4, -0.2) is 72.2 Å². The molecule has 9 heteroatoms. The zero-order chi connectivity index (χ0) is 27.0. The number of esters is 1. The standard InChI is InChI=1S/C29H36O9/c1-31-24-16-21(17-25(32-2)28(24)34-4)10-11-26(30)38-23-12-13-29(36-14-15-37-29)22(27(23)33-3)19-35-18-20-8-6-5-7-9-20/h5-11,16-17,22-23,27H,12-15,18-19H2,1-4H3/b11-10+/t22-,23+,27-/m0/s1. The van der Waals surface area contributed by atoms with Crippen LogP contribution in [-0.2, 0) is 35.1 Å². The summed E-state index contributed by atoms with van der Waals surface area (Å²) in [5, 5.41) is 0. The van der Waals surface area contributed by atoms with Gasteiger partial charge in [-0.1, -0.05) is 30.3 Å². The van der Waals surface area contributed by atoms with Crippen LogP contribution >= 0.6 is 0 Å². The SMILES string of the molecule is COc1cc(/C=C/C(=O)O[C@@H]2CCC3(OCCO3)[C@@H](COCc3ccccc3)[C@@H]2OC)cc(OC)c1OC. The zero-order valence-corrected chi connectivity index (χ0v) is 22.3. The molecule has 1 aliphatic heterocycles. The second-order valence-corrected chi connectivity index (χ2v) is 9.12. The third-order valence-electron chi connectivity index (χ3n) is 6.93. The first kappa shape index (κ1) is 27.9. The lowest BCUT2D eigenvalue weighted by Gasteiger charge is -2.46. The van der Waals surface area contributed by atoms with Crippen molar-refractivity contribution in [2.45, 2.75) is 37.4 Å². The van der Waals surface area contributed by atoms with Gasteiger partial charge < -0.3 is 37.9 Å². The molecule has 2 aromatic rings. The third kappa shape index (κ3) is 6.30. The van der Waals surface area contributed by atoms with Crippen LogP contribution in [0.4, 0.5) is 0 Å². The number of carbonyl (C=O) groups is 1. The van der Waals surface area contributed by atoms with Crippen molar-refractivity contribution < 1.29 is 42.7 Å². The highest BCUT2D eigenvalue weighted by atomic mass is 16.7. The maximum Gasteiger partial charge on any atom is 0.331 e. The van der Waals surface area contributed by atoms with Crippen molar-refractivity contribution in [1.82, 2.24) is 0 Å². The van der Waals surface area contributed by atoms with Crippen LogP contribution in [0.15, 0.2) is 48.5 Å². The summed E-state index contributed by atoms with van der Waals surface area (Å²) in [6, 6.07) is 13.4. The van der Waals surface area contributed by atoms with Crippen LogP contribution in [0.25, 0.3) is 6.08 Å². The Morgan fingerprint density at radius 2 is 1.68 bits per heavy atom. The normalized spacial score (nSPS) is 22.5. The molecule has 0 amide bonds. The molecule has 1 heterocycles. The molecule has 38 heavy (non-hydrogen) atoms. The van der Waals surface area contributed by atoms with E-state index < -0.39 is 24.0 Å². The number of carbonyl (C=O) groups excluding carboxylic acids is 1. The van der Waals surface area contributed by atoms with Crippen LogP contribution < -0.4 is 14.2 Å². The number of ether oxygens (including phenoxy) is 8. The molecule has 3 atom stereocenters. The van der Waals surface area contributed by atoms with Crippen LogP contribution in [0.5, 0.6) is 17.2 Å². The van der Waals surface area contributed by atoms with Gasteiger partial charge in [0.1, 0.15) is 12.2 Å². The van der Waals surface area contributed by atoms with E-state index in [4.69, 9.17) is 37.9 Å². The molecule has 2 aromatic carbocycles. The fraction of sp³-hybridized carbons (Fsp3) is 0.483. The summed E-state index contributed by atoms with van der Waals surface area (Å²) >= 11 is 0. The summed E-state index contributed by atoms with van der Waals surface area (Å²) in [7, 11) is 6.22. The van der Waals surface area contributed by atoms with Gasteiger partial charge in [0.05, 0.1) is 53.7 Å².